The molecule has 2 N–H and O–H groups in total. The molecular weight excluding hydrogens is 460 g/mol. The van der Waals surface area contributed by atoms with E-state index in [4.69, 9.17) is 5.73 Å². The molecule has 0 unspecified atom stereocenters. The van der Waals surface area contributed by atoms with Gasteiger partial charge in [0.1, 0.15) is 16.9 Å². The summed E-state index contributed by atoms with van der Waals surface area (Å²) in [6, 6.07) is 12.8. The third kappa shape index (κ3) is 3.64. The molecule has 0 saturated carbocycles. The molecule has 2 heterocycles. The molecule has 1 aliphatic heterocycles. The van der Waals surface area contributed by atoms with Crippen molar-refractivity contribution in [3.05, 3.63) is 68.5 Å². The first kappa shape index (κ1) is 22.8. The Bertz CT molecular complexity index is 1300. The Morgan fingerprint density at radius 3 is 2.50 bits per heavy atom. The van der Waals surface area contributed by atoms with Crippen LogP contribution >= 0.6 is 23.1 Å². The summed E-state index contributed by atoms with van der Waals surface area (Å²) < 4.78 is 0. The van der Waals surface area contributed by atoms with Gasteiger partial charge >= 0.3 is 0 Å². The van der Waals surface area contributed by atoms with Crippen LogP contribution < -0.4 is 10.6 Å². The molecule has 2 aromatic rings. The molecule has 2 aliphatic carbocycles. The lowest BCUT2D eigenvalue weighted by atomic mass is 9.75. The van der Waals surface area contributed by atoms with E-state index in [1.807, 2.05) is 35.4 Å². The summed E-state index contributed by atoms with van der Waals surface area (Å²) in [6.45, 7) is 0. The number of carbonyl (C=O) groups excluding carboxylic acids is 1. The predicted molar refractivity (Wildman–Crippen MR) is 136 cm³/mol. The van der Waals surface area contributed by atoms with Crippen LogP contribution in [-0.4, -0.2) is 12.0 Å². The van der Waals surface area contributed by atoms with E-state index < -0.39 is 5.92 Å². The number of ketones is 1. The van der Waals surface area contributed by atoms with Crippen molar-refractivity contribution in [3.8, 4) is 12.1 Å². The van der Waals surface area contributed by atoms with Gasteiger partial charge in [-0.05, 0) is 68.0 Å². The SMILES string of the molecule is CSc1ccc([C@H]2C(C#N)=C(N)N(c3sc4c(c3C#N)CCCCC4)C3=C2C(=O)CCC3)cc1. The summed E-state index contributed by atoms with van der Waals surface area (Å²) in [7, 11) is 0. The molecule has 0 spiro atoms. The van der Waals surface area contributed by atoms with Crippen molar-refractivity contribution in [2.45, 2.75) is 62.2 Å². The Kier molecular flexibility index (Phi) is 6.25. The fourth-order valence-corrected chi connectivity index (χ4v) is 7.24. The molecular formula is C27H26N4OS2. The maximum Gasteiger partial charge on any atom is 0.161 e. The third-order valence-corrected chi connectivity index (χ3v) is 9.10. The first-order chi connectivity index (χ1) is 16.6. The van der Waals surface area contributed by atoms with Crippen LogP contribution in [0.1, 0.15) is 66.0 Å². The molecule has 0 saturated heterocycles. The minimum absolute atomic E-state index is 0.0714. The van der Waals surface area contributed by atoms with Gasteiger partial charge in [-0.3, -0.25) is 9.69 Å². The Morgan fingerprint density at radius 1 is 1.03 bits per heavy atom. The van der Waals surface area contributed by atoms with E-state index in [1.54, 1.807) is 23.1 Å². The van der Waals surface area contributed by atoms with Crippen molar-refractivity contribution in [1.29, 1.82) is 10.5 Å². The molecule has 0 radical (unpaired) electrons. The highest BCUT2D eigenvalue weighted by Gasteiger charge is 2.41. The Labute approximate surface area is 208 Å². The lowest BCUT2D eigenvalue weighted by Gasteiger charge is -2.39. The quantitative estimate of drug-likeness (QED) is 0.428. The van der Waals surface area contributed by atoms with E-state index in [0.717, 1.165) is 58.8 Å². The number of nitrogens with two attached hydrogens (primary N) is 1. The summed E-state index contributed by atoms with van der Waals surface area (Å²) >= 11 is 3.27. The monoisotopic (exact) mass is 486 g/mol. The van der Waals surface area contributed by atoms with Gasteiger partial charge in [-0.2, -0.15) is 10.5 Å². The standard InChI is InChI=1S/C27H26N4OS2/c1-33-17-12-10-16(11-13-17)24-20(15-29)26(30)31(21-7-5-8-22(32)25(21)24)27-19(14-28)18-6-3-2-4-9-23(18)34-27/h10-13,24H,2-9,30H2,1H3/t24-/m0/s1. The summed E-state index contributed by atoms with van der Waals surface area (Å²) in [6.07, 6.45) is 9.16. The van der Waals surface area contributed by atoms with E-state index in [9.17, 15) is 15.3 Å². The number of carbonyl (C=O) groups is 1. The summed E-state index contributed by atoms with van der Waals surface area (Å²) in [5, 5.41) is 21.2. The van der Waals surface area contributed by atoms with E-state index in [-0.39, 0.29) is 5.78 Å². The summed E-state index contributed by atoms with van der Waals surface area (Å²) in [5.41, 5.74) is 11.4. The number of hydrogen-bond donors (Lipinski definition) is 1. The van der Waals surface area contributed by atoms with Crippen LogP contribution in [0.3, 0.4) is 0 Å². The second kappa shape index (κ2) is 9.33. The Hall–Kier alpha value is -3.00. The zero-order valence-corrected chi connectivity index (χ0v) is 20.8. The molecule has 3 aliphatic rings. The summed E-state index contributed by atoms with van der Waals surface area (Å²) in [4.78, 5) is 17.6. The minimum Gasteiger partial charge on any atom is -0.384 e. The number of hydrogen-bond acceptors (Lipinski definition) is 7. The molecule has 0 amide bonds. The molecule has 1 aromatic carbocycles. The van der Waals surface area contributed by atoms with Gasteiger partial charge in [-0.25, -0.2) is 0 Å². The smallest absolute Gasteiger partial charge is 0.161 e. The third-order valence-electron chi connectivity index (χ3n) is 7.08. The number of nitriles is 2. The molecule has 0 bridgehead atoms. The molecule has 34 heavy (non-hydrogen) atoms. The molecule has 7 heteroatoms. The topological polar surface area (TPSA) is 93.9 Å². The second-order valence-electron chi connectivity index (χ2n) is 8.95. The maximum absolute atomic E-state index is 13.4. The van der Waals surface area contributed by atoms with E-state index in [1.165, 1.54) is 11.3 Å². The average Bonchev–Trinajstić information content (AvgIpc) is 3.03. The van der Waals surface area contributed by atoms with Gasteiger partial charge in [0.05, 0.1) is 23.1 Å². The summed E-state index contributed by atoms with van der Waals surface area (Å²) in [5.74, 6) is -0.0480. The van der Waals surface area contributed by atoms with E-state index in [2.05, 4.69) is 12.1 Å². The zero-order valence-electron chi connectivity index (χ0n) is 19.2. The van der Waals surface area contributed by atoms with Crippen molar-refractivity contribution in [2.75, 3.05) is 11.2 Å². The van der Waals surface area contributed by atoms with Gasteiger partial charge < -0.3 is 5.73 Å². The number of fused-ring (bicyclic) bond motifs is 1. The van der Waals surface area contributed by atoms with E-state index in [0.29, 0.717) is 35.4 Å². The highest BCUT2D eigenvalue weighted by molar-refractivity contribution is 7.98. The van der Waals surface area contributed by atoms with Gasteiger partial charge in [0.15, 0.2) is 5.78 Å². The fraction of sp³-hybridized carbons (Fsp3) is 0.370. The first-order valence-electron chi connectivity index (χ1n) is 11.7. The lowest BCUT2D eigenvalue weighted by Crippen LogP contribution is -2.38. The number of aryl methyl sites for hydroxylation is 1. The van der Waals surface area contributed by atoms with Gasteiger partial charge in [0.2, 0.25) is 0 Å². The highest BCUT2D eigenvalue weighted by atomic mass is 32.2. The number of allylic oxidation sites excluding steroid dienone is 3. The number of benzene rings is 1. The number of thiophene rings is 1. The minimum atomic E-state index is -0.469. The van der Waals surface area contributed by atoms with Crippen LogP contribution in [0.15, 0.2) is 51.8 Å². The number of nitrogens with zero attached hydrogens (tertiary/aromatic N) is 3. The lowest BCUT2D eigenvalue weighted by molar-refractivity contribution is -0.116. The van der Waals surface area contributed by atoms with E-state index >= 15 is 0 Å². The number of anilines is 1. The highest BCUT2D eigenvalue weighted by Crippen LogP contribution is 2.50. The predicted octanol–water partition coefficient (Wildman–Crippen LogP) is 5.92. The Balaban J connectivity index is 1.72. The molecule has 1 aromatic heterocycles. The first-order valence-corrected chi connectivity index (χ1v) is 13.8. The van der Waals surface area contributed by atoms with Crippen LogP contribution in [0.4, 0.5) is 5.00 Å². The number of Topliss-reactive ketones (excluding diaryl/α,β-unsaturated/α-hetero) is 1. The van der Waals surface area contributed by atoms with Crippen LogP contribution in [0, 0.1) is 22.7 Å². The van der Waals surface area contributed by atoms with Gasteiger partial charge in [-0.1, -0.05) is 18.6 Å². The largest absolute Gasteiger partial charge is 0.384 e. The van der Waals surface area contributed by atoms with Crippen molar-refractivity contribution >= 4 is 33.9 Å². The molecule has 5 nitrogen and oxygen atoms in total. The van der Waals surface area contributed by atoms with Crippen LogP contribution in [0.5, 0.6) is 0 Å². The Morgan fingerprint density at radius 2 is 1.79 bits per heavy atom. The molecule has 172 valence electrons. The normalized spacial score (nSPS) is 20.4. The van der Waals surface area contributed by atoms with Crippen LogP contribution in [-0.2, 0) is 17.6 Å². The number of rotatable bonds is 3. The molecule has 0 fully saturated rings. The van der Waals surface area contributed by atoms with Crippen molar-refractivity contribution < 1.29 is 4.79 Å². The molecule has 5 rings (SSSR count). The maximum atomic E-state index is 13.4. The van der Waals surface area contributed by atoms with Gasteiger partial charge in [-0.15, -0.1) is 23.1 Å². The van der Waals surface area contributed by atoms with Crippen LogP contribution in [0.2, 0.25) is 0 Å². The molecule has 1 atom stereocenters. The average molecular weight is 487 g/mol. The second-order valence-corrected chi connectivity index (χ2v) is 10.9. The van der Waals surface area contributed by atoms with Crippen molar-refractivity contribution in [1.82, 2.24) is 0 Å². The number of thioether (sulfide) groups is 1. The zero-order chi connectivity index (χ0) is 23.8. The van der Waals surface area contributed by atoms with Crippen LogP contribution in [0.25, 0.3) is 0 Å². The van der Waals surface area contributed by atoms with Gasteiger partial charge in [0, 0.05) is 27.5 Å². The van der Waals surface area contributed by atoms with Gasteiger partial charge in [0.25, 0.3) is 0 Å². The van der Waals surface area contributed by atoms with Crippen molar-refractivity contribution in [3.63, 3.8) is 0 Å². The van der Waals surface area contributed by atoms with Crippen molar-refractivity contribution in [2.24, 2.45) is 5.73 Å². The fourth-order valence-electron chi connectivity index (χ4n) is 5.45.